The lowest BCUT2D eigenvalue weighted by atomic mass is 10.1. The van der Waals surface area contributed by atoms with Gasteiger partial charge >= 0.3 is 0 Å². The highest BCUT2D eigenvalue weighted by Gasteiger charge is 2.17. The molecule has 12 heavy (non-hydrogen) atoms. The SMILES string of the molecule is Cc1nc2c(c(N)c1C)CCC2. The molecule has 0 aliphatic heterocycles. The van der Waals surface area contributed by atoms with Gasteiger partial charge in [-0.1, -0.05) is 0 Å². The fraction of sp³-hybridized carbons (Fsp3) is 0.500. The van der Waals surface area contributed by atoms with Gasteiger partial charge in [0.05, 0.1) is 0 Å². The second kappa shape index (κ2) is 2.47. The lowest BCUT2D eigenvalue weighted by molar-refractivity contribution is 0.896. The van der Waals surface area contributed by atoms with Crippen LogP contribution >= 0.6 is 0 Å². The molecule has 1 aromatic heterocycles. The Kier molecular flexibility index (Phi) is 1.56. The van der Waals surface area contributed by atoms with Crippen LogP contribution in [0, 0.1) is 13.8 Å². The van der Waals surface area contributed by atoms with Crippen LogP contribution in [-0.4, -0.2) is 4.98 Å². The van der Waals surface area contributed by atoms with Gasteiger partial charge < -0.3 is 5.73 Å². The van der Waals surface area contributed by atoms with Crippen molar-refractivity contribution < 1.29 is 0 Å². The molecule has 2 heteroatoms. The fourth-order valence-electron chi connectivity index (χ4n) is 1.85. The summed E-state index contributed by atoms with van der Waals surface area (Å²) in [6, 6.07) is 0. The van der Waals surface area contributed by atoms with Crippen molar-refractivity contribution in [3.8, 4) is 0 Å². The van der Waals surface area contributed by atoms with Crippen molar-refractivity contribution in [1.29, 1.82) is 0 Å². The van der Waals surface area contributed by atoms with Gasteiger partial charge in [-0.3, -0.25) is 4.98 Å². The zero-order valence-electron chi connectivity index (χ0n) is 7.65. The quantitative estimate of drug-likeness (QED) is 0.631. The molecule has 0 radical (unpaired) electrons. The van der Waals surface area contributed by atoms with Gasteiger partial charge in [0.15, 0.2) is 0 Å². The molecule has 1 aliphatic rings. The minimum atomic E-state index is 0.981. The van der Waals surface area contributed by atoms with E-state index in [2.05, 4.69) is 11.9 Å². The maximum absolute atomic E-state index is 5.99. The Bertz CT molecular complexity index is 329. The Morgan fingerprint density at radius 3 is 2.75 bits per heavy atom. The number of nitrogens with two attached hydrogens (primary N) is 1. The molecule has 0 saturated carbocycles. The average Bonchev–Trinajstić information content (AvgIpc) is 2.48. The van der Waals surface area contributed by atoms with Crippen molar-refractivity contribution in [2.75, 3.05) is 5.73 Å². The second-order valence-corrected chi connectivity index (χ2v) is 3.51. The Morgan fingerprint density at radius 2 is 2.00 bits per heavy atom. The van der Waals surface area contributed by atoms with E-state index in [0.717, 1.165) is 29.8 Å². The first-order chi connectivity index (χ1) is 5.70. The van der Waals surface area contributed by atoms with E-state index in [4.69, 9.17) is 5.73 Å². The first-order valence-electron chi connectivity index (χ1n) is 4.44. The van der Waals surface area contributed by atoms with E-state index >= 15 is 0 Å². The Morgan fingerprint density at radius 1 is 1.25 bits per heavy atom. The minimum absolute atomic E-state index is 0.981. The number of nitrogen functional groups attached to an aromatic ring is 1. The van der Waals surface area contributed by atoms with Crippen LogP contribution in [0.25, 0.3) is 0 Å². The van der Waals surface area contributed by atoms with Crippen LogP contribution in [0.5, 0.6) is 0 Å². The summed E-state index contributed by atoms with van der Waals surface area (Å²) in [5, 5.41) is 0. The van der Waals surface area contributed by atoms with Crippen LogP contribution in [0.2, 0.25) is 0 Å². The molecule has 1 aliphatic carbocycles. The van der Waals surface area contributed by atoms with E-state index in [1.165, 1.54) is 17.7 Å². The molecule has 2 N–H and O–H groups in total. The molecule has 0 spiro atoms. The van der Waals surface area contributed by atoms with Crippen molar-refractivity contribution in [2.45, 2.75) is 33.1 Å². The molecule has 0 amide bonds. The summed E-state index contributed by atoms with van der Waals surface area (Å²) in [7, 11) is 0. The number of fused-ring (bicyclic) bond motifs is 1. The average molecular weight is 162 g/mol. The topological polar surface area (TPSA) is 38.9 Å². The highest BCUT2D eigenvalue weighted by atomic mass is 14.8. The van der Waals surface area contributed by atoms with Crippen molar-refractivity contribution >= 4 is 5.69 Å². The van der Waals surface area contributed by atoms with Crippen molar-refractivity contribution in [2.24, 2.45) is 0 Å². The van der Waals surface area contributed by atoms with Gasteiger partial charge in [0.1, 0.15) is 0 Å². The van der Waals surface area contributed by atoms with Gasteiger partial charge in [-0.2, -0.15) is 0 Å². The molecule has 0 unspecified atom stereocenters. The second-order valence-electron chi connectivity index (χ2n) is 3.51. The smallest absolute Gasteiger partial charge is 0.0459 e. The zero-order valence-corrected chi connectivity index (χ0v) is 7.65. The largest absolute Gasteiger partial charge is 0.398 e. The monoisotopic (exact) mass is 162 g/mol. The molecule has 1 aromatic rings. The number of nitrogens with zero attached hydrogens (tertiary/aromatic N) is 1. The lowest BCUT2D eigenvalue weighted by Gasteiger charge is -2.09. The predicted octanol–water partition coefficient (Wildman–Crippen LogP) is 1.77. The first kappa shape index (κ1) is 7.59. The molecule has 0 atom stereocenters. The number of aromatic nitrogens is 1. The third kappa shape index (κ3) is 0.909. The summed E-state index contributed by atoms with van der Waals surface area (Å²) in [4.78, 5) is 4.53. The van der Waals surface area contributed by atoms with Crippen molar-refractivity contribution in [1.82, 2.24) is 4.98 Å². The molecule has 0 bridgehead atoms. The first-order valence-corrected chi connectivity index (χ1v) is 4.44. The molecule has 64 valence electrons. The normalized spacial score (nSPS) is 14.8. The van der Waals surface area contributed by atoms with Crippen LogP contribution < -0.4 is 5.73 Å². The number of pyridine rings is 1. The molecule has 2 rings (SSSR count). The molecule has 0 saturated heterocycles. The van der Waals surface area contributed by atoms with Crippen LogP contribution in [-0.2, 0) is 12.8 Å². The Balaban J connectivity index is 2.67. The van der Waals surface area contributed by atoms with Crippen LogP contribution in [0.4, 0.5) is 5.69 Å². The Hall–Kier alpha value is -1.05. The van der Waals surface area contributed by atoms with Crippen LogP contribution in [0.1, 0.15) is 28.9 Å². The summed E-state index contributed by atoms with van der Waals surface area (Å²) in [6.07, 6.45) is 3.45. The van der Waals surface area contributed by atoms with Crippen molar-refractivity contribution in [3.05, 3.63) is 22.5 Å². The highest BCUT2D eigenvalue weighted by Crippen LogP contribution is 2.29. The molecule has 0 fully saturated rings. The number of aryl methyl sites for hydroxylation is 2. The van der Waals surface area contributed by atoms with Gasteiger partial charge in [-0.05, 0) is 44.2 Å². The standard InChI is InChI=1S/C10H14N2/c1-6-7(2)12-9-5-3-4-8(9)10(6)11/h3-5H2,1-2H3,(H2,11,12). The van der Waals surface area contributed by atoms with Gasteiger partial charge in [0.2, 0.25) is 0 Å². The summed E-state index contributed by atoms with van der Waals surface area (Å²) < 4.78 is 0. The van der Waals surface area contributed by atoms with E-state index in [1.807, 2.05) is 6.92 Å². The van der Waals surface area contributed by atoms with Gasteiger partial charge in [0.25, 0.3) is 0 Å². The zero-order chi connectivity index (χ0) is 8.72. The minimum Gasteiger partial charge on any atom is -0.398 e. The van der Waals surface area contributed by atoms with Crippen molar-refractivity contribution in [3.63, 3.8) is 0 Å². The molecule has 0 aromatic carbocycles. The summed E-state index contributed by atoms with van der Waals surface area (Å²) >= 11 is 0. The molecule has 1 heterocycles. The third-order valence-electron chi connectivity index (χ3n) is 2.76. The predicted molar refractivity (Wildman–Crippen MR) is 50.1 cm³/mol. The molecular weight excluding hydrogens is 148 g/mol. The Labute approximate surface area is 72.8 Å². The van der Waals surface area contributed by atoms with E-state index in [9.17, 15) is 0 Å². The molecule has 2 nitrogen and oxygen atoms in total. The lowest BCUT2D eigenvalue weighted by Crippen LogP contribution is -2.02. The summed E-state index contributed by atoms with van der Waals surface area (Å²) in [6.45, 7) is 4.08. The maximum atomic E-state index is 5.99. The number of hydrogen-bond acceptors (Lipinski definition) is 2. The number of rotatable bonds is 0. The number of hydrogen-bond donors (Lipinski definition) is 1. The van der Waals surface area contributed by atoms with Gasteiger partial charge in [-0.15, -0.1) is 0 Å². The number of anilines is 1. The highest BCUT2D eigenvalue weighted by molar-refractivity contribution is 5.57. The van der Waals surface area contributed by atoms with E-state index in [-0.39, 0.29) is 0 Å². The van der Waals surface area contributed by atoms with Gasteiger partial charge in [-0.25, -0.2) is 0 Å². The summed E-state index contributed by atoms with van der Waals surface area (Å²) in [5.74, 6) is 0. The fourth-order valence-corrected chi connectivity index (χ4v) is 1.85. The summed E-state index contributed by atoms with van der Waals surface area (Å²) in [5.41, 5.74) is 11.8. The molecular formula is C10H14N2. The van der Waals surface area contributed by atoms with Crippen LogP contribution in [0.3, 0.4) is 0 Å². The van der Waals surface area contributed by atoms with Crippen LogP contribution in [0.15, 0.2) is 0 Å². The van der Waals surface area contributed by atoms with Gasteiger partial charge in [0, 0.05) is 17.1 Å². The van der Waals surface area contributed by atoms with E-state index < -0.39 is 0 Å². The van der Waals surface area contributed by atoms with E-state index in [0.29, 0.717) is 0 Å². The third-order valence-corrected chi connectivity index (χ3v) is 2.76. The maximum Gasteiger partial charge on any atom is 0.0459 e. The van der Waals surface area contributed by atoms with E-state index in [1.54, 1.807) is 0 Å².